The molecule has 0 aliphatic heterocycles. The van der Waals surface area contributed by atoms with E-state index < -0.39 is 6.10 Å². The number of hydrogen-bond donors (Lipinski definition) is 0. The minimum absolute atomic E-state index is 0.0666. The van der Waals surface area contributed by atoms with E-state index in [0.29, 0.717) is 19.3 Å². The average Bonchev–Trinajstić information content (AvgIpc) is 3.11. The van der Waals surface area contributed by atoms with Crippen molar-refractivity contribution in [1.82, 2.24) is 0 Å². The number of esters is 3. The maximum atomic E-state index is 12.7. The van der Waals surface area contributed by atoms with Crippen molar-refractivity contribution in [3.63, 3.8) is 0 Å². The zero-order chi connectivity index (χ0) is 39.2. The van der Waals surface area contributed by atoms with E-state index in [1.165, 1.54) is 128 Å². The van der Waals surface area contributed by atoms with Gasteiger partial charge in [-0.05, 0) is 37.0 Å². The Hall–Kier alpha value is -1.59. The smallest absolute Gasteiger partial charge is 0.306 e. The number of ether oxygens (including phenoxy) is 3. The van der Waals surface area contributed by atoms with Gasteiger partial charge in [0, 0.05) is 19.3 Å². The molecule has 1 atom stereocenters. The first kappa shape index (κ1) is 51.4. The third-order valence-electron chi connectivity index (χ3n) is 10.4. The SMILES string of the molecule is CC(C)CCCCCCCCCCCCC(=O)OC[C@@H](COC(=O)CCCCCCCCCCCC(C)C)OC(=O)CCCCCCCCCC(C)C. The van der Waals surface area contributed by atoms with Crippen LogP contribution in [0.15, 0.2) is 0 Å². The second kappa shape index (κ2) is 38.7. The summed E-state index contributed by atoms with van der Waals surface area (Å²) in [6.45, 7) is 13.6. The van der Waals surface area contributed by atoms with Crippen molar-refractivity contribution < 1.29 is 28.6 Å². The molecule has 0 aromatic carbocycles. The van der Waals surface area contributed by atoms with Crippen LogP contribution in [-0.4, -0.2) is 37.2 Å². The van der Waals surface area contributed by atoms with Gasteiger partial charge in [0.25, 0.3) is 0 Å². The van der Waals surface area contributed by atoms with Crippen LogP contribution in [-0.2, 0) is 28.6 Å². The molecule has 0 aromatic rings. The lowest BCUT2D eigenvalue weighted by Gasteiger charge is -2.18. The molecule has 6 heteroatoms. The van der Waals surface area contributed by atoms with Crippen molar-refractivity contribution in [3.8, 4) is 0 Å². The Balaban J connectivity index is 4.33. The summed E-state index contributed by atoms with van der Waals surface area (Å²) in [5.74, 6) is 1.54. The standard InChI is InChI=1S/C47H90O6/c1-41(2)33-27-21-15-10-7-8-12-18-24-30-36-45(48)51-39-44(53-47(50)38-32-26-20-14-17-23-29-35-43(5)6)40-52-46(49)37-31-25-19-13-9-11-16-22-28-34-42(3)4/h41-44H,7-40H2,1-6H3/t44-/m0/s1. The van der Waals surface area contributed by atoms with E-state index >= 15 is 0 Å². The topological polar surface area (TPSA) is 78.9 Å². The average molecular weight is 751 g/mol. The van der Waals surface area contributed by atoms with E-state index in [0.717, 1.165) is 75.5 Å². The molecular weight excluding hydrogens is 661 g/mol. The van der Waals surface area contributed by atoms with Gasteiger partial charge in [-0.25, -0.2) is 0 Å². The summed E-state index contributed by atoms with van der Waals surface area (Å²) in [5, 5.41) is 0. The number of rotatable bonds is 40. The summed E-state index contributed by atoms with van der Waals surface area (Å²) >= 11 is 0. The number of hydrogen-bond acceptors (Lipinski definition) is 6. The molecule has 314 valence electrons. The highest BCUT2D eigenvalue weighted by atomic mass is 16.6. The molecule has 53 heavy (non-hydrogen) atoms. The van der Waals surface area contributed by atoms with Crippen LogP contribution in [0.25, 0.3) is 0 Å². The third kappa shape index (κ3) is 41.4. The van der Waals surface area contributed by atoms with E-state index in [4.69, 9.17) is 14.2 Å². The minimum Gasteiger partial charge on any atom is -0.462 e. The van der Waals surface area contributed by atoms with Crippen molar-refractivity contribution in [2.45, 2.75) is 253 Å². The quantitative estimate of drug-likeness (QED) is 0.0352. The van der Waals surface area contributed by atoms with Crippen molar-refractivity contribution in [2.24, 2.45) is 17.8 Å². The molecular formula is C47H90O6. The molecule has 6 nitrogen and oxygen atoms in total. The summed E-state index contributed by atoms with van der Waals surface area (Å²) in [5.41, 5.74) is 0. The summed E-state index contributed by atoms with van der Waals surface area (Å²) in [7, 11) is 0. The Morgan fingerprint density at radius 2 is 0.547 bits per heavy atom. The van der Waals surface area contributed by atoms with Crippen molar-refractivity contribution in [3.05, 3.63) is 0 Å². The molecule has 0 rings (SSSR count). The number of unbranched alkanes of at least 4 members (excludes halogenated alkanes) is 23. The predicted molar refractivity (Wildman–Crippen MR) is 224 cm³/mol. The molecule has 0 aliphatic rings. The molecule has 0 saturated heterocycles. The number of carbonyl (C=O) groups is 3. The van der Waals surface area contributed by atoms with Crippen molar-refractivity contribution in [2.75, 3.05) is 13.2 Å². The van der Waals surface area contributed by atoms with Gasteiger partial charge in [-0.15, -0.1) is 0 Å². The van der Waals surface area contributed by atoms with Crippen LogP contribution in [0.1, 0.15) is 247 Å². The normalized spacial score (nSPS) is 12.2. The molecule has 0 radical (unpaired) electrons. The van der Waals surface area contributed by atoms with Gasteiger partial charge in [-0.1, -0.05) is 208 Å². The fourth-order valence-electron chi connectivity index (χ4n) is 6.88. The van der Waals surface area contributed by atoms with Gasteiger partial charge in [-0.2, -0.15) is 0 Å². The molecule has 0 saturated carbocycles. The van der Waals surface area contributed by atoms with E-state index in [-0.39, 0.29) is 31.1 Å². The fourth-order valence-corrected chi connectivity index (χ4v) is 6.88. The molecule has 0 bridgehead atoms. The fraction of sp³-hybridized carbons (Fsp3) is 0.936. The molecule has 0 spiro atoms. The predicted octanol–water partition coefficient (Wildman–Crippen LogP) is 14.4. The van der Waals surface area contributed by atoms with Gasteiger partial charge in [0.2, 0.25) is 0 Å². The lowest BCUT2D eigenvalue weighted by molar-refractivity contribution is -0.167. The largest absolute Gasteiger partial charge is 0.462 e. The molecule has 0 heterocycles. The van der Waals surface area contributed by atoms with Gasteiger partial charge < -0.3 is 14.2 Å². The van der Waals surface area contributed by atoms with Crippen LogP contribution < -0.4 is 0 Å². The summed E-state index contributed by atoms with van der Waals surface area (Å²) < 4.78 is 16.7. The highest BCUT2D eigenvalue weighted by molar-refractivity contribution is 5.71. The van der Waals surface area contributed by atoms with Gasteiger partial charge in [0.1, 0.15) is 13.2 Å². The Morgan fingerprint density at radius 3 is 0.811 bits per heavy atom. The van der Waals surface area contributed by atoms with Crippen LogP contribution >= 0.6 is 0 Å². The van der Waals surface area contributed by atoms with Crippen molar-refractivity contribution in [1.29, 1.82) is 0 Å². The summed E-state index contributed by atoms with van der Waals surface area (Å²) in [6.07, 6.45) is 35.3. The van der Waals surface area contributed by atoms with Gasteiger partial charge in [-0.3, -0.25) is 14.4 Å². The Labute approximate surface area is 329 Å². The highest BCUT2D eigenvalue weighted by Gasteiger charge is 2.19. The Kier molecular flexibility index (Phi) is 37.5. The zero-order valence-electron chi connectivity index (χ0n) is 36.3. The monoisotopic (exact) mass is 751 g/mol. The Bertz CT molecular complexity index is 822. The second-order valence-electron chi connectivity index (χ2n) is 17.5. The molecule has 0 aromatic heterocycles. The second-order valence-corrected chi connectivity index (χ2v) is 17.5. The van der Waals surface area contributed by atoms with Crippen LogP contribution in [0.3, 0.4) is 0 Å². The van der Waals surface area contributed by atoms with Crippen LogP contribution in [0.5, 0.6) is 0 Å². The lowest BCUT2D eigenvalue weighted by Crippen LogP contribution is -2.30. The van der Waals surface area contributed by atoms with Crippen molar-refractivity contribution >= 4 is 17.9 Å². The van der Waals surface area contributed by atoms with E-state index in [9.17, 15) is 14.4 Å². The first-order chi connectivity index (χ1) is 25.6. The molecule has 0 fully saturated rings. The van der Waals surface area contributed by atoms with E-state index in [1.807, 2.05) is 0 Å². The first-order valence-corrected chi connectivity index (χ1v) is 23.1. The van der Waals surface area contributed by atoms with Crippen LogP contribution in [0.4, 0.5) is 0 Å². The molecule has 0 amide bonds. The maximum Gasteiger partial charge on any atom is 0.306 e. The highest BCUT2D eigenvalue weighted by Crippen LogP contribution is 2.17. The van der Waals surface area contributed by atoms with Crippen LogP contribution in [0, 0.1) is 17.8 Å². The molecule has 0 unspecified atom stereocenters. The third-order valence-corrected chi connectivity index (χ3v) is 10.4. The first-order valence-electron chi connectivity index (χ1n) is 23.1. The maximum absolute atomic E-state index is 12.7. The minimum atomic E-state index is -0.762. The number of carbonyl (C=O) groups excluding carboxylic acids is 3. The van der Waals surface area contributed by atoms with Gasteiger partial charge >= 0.3 is 17.9 Å². The Morgan fingerprint density at radius 1 is 0.321 bits per heavy atom. The lowest BCUT2D eigenvalue weighted by atomic mass is 10.0. The zero-order valence-corrected chi connectivity index (χ0v) is 36.3. The van der Waals surface area contributed by atoms with E-state index in [1.54, 1.807) is 0 Å². The summed E-state index contributed by atoms with van der Waals surface area (Å²) in [6, 6.07) is 0. The molecule has 0 aliphatic carbocycles. The van der Waals surface area contributed by atoms with Gasteiger partial charge in [0.15, 0.2) is 6.10 Å². The molecule has 0 N–H and O–H groups in total. The van der Waals surface area contributed by atoms with Crippen LogP contribution in [0.2, 0.25) is 0 Å². The van der Waals surface area contributed by atoms with E-state index in [2.05, 4.69) is 41.5 Å². The van der Waals surface area contributed by atoms with Gasteiger partial charge in [0.05, 0.1) is 0 Å². The summed E-state index contributed by atoms with van der Waals surface area (Å²) in [4.78, 5) is 37.7.